The van der Waals surface area contributed by atoms with Crippen molar-refractivity contribution in [3.8, 4) is 0 Å². The molecule has 1 heteroatoms. The first-order chi connectivity index (χ1) is 4.31. The number of hydrogen-bond acceptors (Lipinski definition) is 1. The second-order valence-corrected chi connectivity index (χ2v) is 3.03. The molecule has 1 heterocycles. The van der Waals surface area contributed by atoms with Gasteiger partial charge in [-0.2, -0.15) is 0 Å². The lowest BCUT2D eigenvalue weighted by Gasteiger charge is -2.01. The highest BCUT2D eigenvalue weighted by Crippen LogP contribution is 2.48. The van der Waals surface area contributed by atoms with Gasteiger partial charge < -0.3 is 5.32 Å². The van der Waals surface area contributed by atoms with E-state index in [1.165, 1.54) is 19.4 Å². The summed E-state index contributed by atoms with van der Waals surface area (Å²) in [6.07, 6.45) is 2.86. The van der Waals surface area contributed by atoms with Gasteiger partial charge in [0.05, 0.1) is 0 Å². The maximum atomic E-state index is 3.47. The topological polar surface area (TPSA) is 12.0 Å². The van der Waals surface area contributed by atoms with E-state index in [-0.39, 0.29) is 0 Å². The van der Waals surface area contributed by atoms with Crippen LogP contribution in [0.5, 0.6) is 0 Å². The number of nitrogens with one attached hydrogen (secondary N) is 1. The second kappa shape index (κ2) is 2.30. The van der Waals surface area contributed by atoms with Crippen molar-refractivity contribution in [3.63, 3.8) is 0 Å². The molecule has 9 heavy (non-hydrogen) atoms. The minimum atomic E-state index is 0.611. The smallest absolute Gasteiger partial charge is 0.0186 e. The van der Waals surface area contributed by atoms with Crippen LogP contribution in [-0.4, -0.2) is 12.1 Å². The summed E-state index contributed by atoms with van der Waals surface area (Å²) in [4.78, 5) is 0. The van der Waals surface area contributed by atoms with E-state index >= 15 is 0 Å². The average Bonchev–Trinajstić information content (AvgIpc) is 2.38. The van der Waals surface area contributed by atoms with Gasteiger partial charge in [-0.15, -0.1) is 0 Å². The Hall–Kier alpha value is -0.0400. The van der Waals surface area contributed by atoms with Crippen LogP contribution >= 0.6 is 0 Å². The van der Waals surface area contributed by atoms with Crippen LogP contribution in [0.15, 0.2) is 0 Å². The average molecular weight is 127 g/mol. The maximum absolute atomic E-state index is 3.47. The molecule has 1 N–H and O–H groups in total. The molecule has 1 saturated heterocycles. The molecule has 1 aliphatic carbocycles. The van der Waals surface area contributed by atoms with E-state index in [0.717, 1.165) is 5.92 Å². The summed E-state index contributed by atoms with van der Waals surface area (Å²) in [6, 6.07) is 0. The Morgan fingerprint density at radius 2 is 2.11 bits per heavy atom. The lowest BCUT2D eigenvalue weighted by Crippen LogP contribution is -2.23. The first-order valence-corrected chi connectivity index (χ1v) is 4.06. The maximum Gasteiger partial charge on any atom is 0.0186 e. The summed E-state index contributed by atoms with van der Waals surface area (Å²) >= 11 is 0. The minimum absolute atomic E-state index is 0.611. The van der Waals surface area contributed by atoms with Crippen LogP contribution in [0.4, 0.5) is 0 Å². The molecular weight excluding hydrogens is 110 g/mol. The van der Waals surface area contributed by atoms with E-state index in [0.29, 0.717) is 5.54 Å². The highest BCUT2D eigenvalue weighted by atomic mass is 15.1. The number of hydrogen-bond donors (Lipinski definition) is 1. The molecule has 0 bridgehead atoms. The fraction of sp³-hybridized carbons (Fsp3) is 1.00. The Morgan fingerprint density at radius 1 is 1.44 bits per heavy atom. The largest absolute Gasteiger partial charge is 0.311 e. The molecule has 2 atom stereocenters. The van der Waals surface area contributed by atoms with Crippen LogP contribution < -0.4 is 5.32 Å². The summed E-state index contributed by atoms with van der Waals surface area (Å²) in [5.41, 5.74) is 0.611. The minimum Gasteiger partial charge on any atom is -0.311 e. The quantitative estimate of drug-likeness (QED) is 0.523. The third-order valence-electron chi connectivity index (χ3n) is 2.43. The van der Waals surface area contributed by atoms with Crippen LogP contribution in [0.25, 0.3) is 0 Å². The molecule has 2 rings (SSSR count). The number of fused-ring (bicyclic) bond motifs is 1. The zero-order valence-electron chi connectivity index (χ0n) is 6.70. The first-order valence-electron chi connectivity index (χ1n) is 4.06. The standard InChI is InChI=1S/C6H11N.C2H6/c1-6-4-5(6)2-3-7-6;1-2/h5,7H,2-4H2,1H3;1-2H3. The van der Waals surface area contributed by atoms with E-state index < -0.39 is 0 Å². The lowest BCUT2D eigenvalue weighted by atomic mass is 10.3. The molecule has 0 spiro atoms. The molecule has 1 aliphatic heterocycles. The van der Waals surface area contributed by atoms with Crippen molar-refractivity contribution in [2.45, 2.75) is 39.2 Å². The predicted octanol–water partition coefficient (Wildman–Crippen LogP) is 1.78. The van der Waals surface area contributed by atoms with Crippen LogP contribution in [0.1, 0.15) is 33.6 Å². The molecule has 0 aromatic rings. The molecule has 1 saturated carbocycles. The highest BCUT2D eigenvalue weighted by Gasteiger charge is 2.52. The molecule has 0 aromatic carbocycles. The molecule has 0 radical (unpaired) electrons. The number of piperidine rings is 1. The fourth-order valence-electron chi connectivity index (χ4n) is 1.62. The monoisotopic (exact) mass is 127 g/mol. The Kier molecular flexibility index (Phi) is 1.80. The van der Waals surface area contributed by atoms with Gasteiger partial charge in [-0.05, 0) is 32.2 Å². The van der Waals surface area contributed by atoms with Crippen LogP contribution in [0.3, 0.4) is 0 Å². The van der Waals surface area contributed by atoms with E-state index in [2.05, 4.69) is 12.2 Å². The van der Waals surface area contributed by atoms with E-state index in [4.69, 9.17) is 0 Å². The molecule has 1 nitrogen and oxygen atoms in total. The third-order valence-corrected chi connectivity index (χ3v) is 2.43. The Balaban J connectivity index is 0.000000186. The SMILES string of the molecule is CC.CC12CC1CCN2. The first kappa shape index (κ1) is 7.07. The predicted molar refractivity (Wildman–Crippen MR) is 40.5 cm³/mol. The molecule has 0 aromatic heterocycles. The normalized spacial score (nSPS) is 45.0. The molecule has 2 unspecified atom stereocenters. The van der Waals surface area contributed by atoms with Gasteiger partial charge in [0.15, 0.2) is 0 Å². The zero-order valence-corrected chi connectivity index (χ0v) is 6.70. The van der Waals surface area contributed by atoms with Gasteiger partial charge in [0.1, 0.15) is 0 Å². The van der Waals surface area contributed by atoms with Gasteiger partial charge in [0, 0.05) is 5.54 Å². The van der Waals surface area contributed by atoms with Gasteiger partial charge in [-0.25, -0.2) is 0 Å². The van der Waals surface area contributed by atoms with Crippen molar-refractivity contribution in [2.75, 3.05) is 6.54 Å². The lowest BCUT2D eigenvalue weighted by molar-refractivity contribution is 0.601. The van der Waals surface area contributed by atoms with Crippen molar-refractivity contribution in [3.05, 3.63) is 0 Å². The number of rotatable bonds is 0. The summed E-state index contributed by atoms with van der Waals surface area (Å²) < 4.78 is 0. The summed E-state index contributed by atoms with van der Waals surface area (Å²) in [5, 5.41) is 3.47. The van der Waals surface area contributed by atoms with Crippen LogP contribution in [0, 0.1) is 5.92 Å². The summed E-state index contributed by atoms with van der Waals surface area (Å²) in [7, 11) is 0. The molecule has 2 fully saturated rings. The van der Waals surface area contributed by atoms with Crippen molar-refractivity contribution < 1.29 is 0 Å². The van der Waals surface area contributed by atoms with Gasteiger partial charge in [0.2, 0.25) is 0 Å². The van der Waals surface area contributed by atoms with Gasteiger partial charge in [-0.3, -0.25) is 0 Å². The molecular formula is C8H17N. The summed E-state index contributed by atoms with van der Waals surface area (Å²) in [5.74, 6) is 1.05. The van der Waals surface area contributed by atoms with Gasteiger partial charge >= 0.3 is 0 Å². The molecule has 0 amide bonds. The van der Waals surface area contributed by atoms with Crippen LogP contribution in [-0.2, 0) is 0 Å². The Bertz CT molecular complexity index is 98.7. The van der Waals surface area contributed by atoms with E-state index in [1.54, 1.807) is 0 Å². The summed E-state index contributed by atoms with van der Waals surface area (Å²) in [6.45, 7) is 7.59. The zero-order chi connectivity index (χ0) is 6.91. The van der Waals surface area contributed by atoms with Crippen molar-refractivity contribution >= 4 is 0 Å². The Morgan fingerprint density at radius 3 is 2.22 bits per heavy atom. The van der Waals surface area contributed by atoms with E-state index in [9.17, 15) is 0 Å². The fourth-order valence-corrected chi connectivity index (χ4v) is 1.62. The Labute approximate surface area is 57.8 Å². The van der Waals surface area contributed by atoms with Gasteiger partial charge in [-0.1, -0.05) is 13.8 Å². The third kappa shape index (κ3) is 1.11. The van der Waals surface area contributed by atoms with Crippen LogP contribution in [0.2, 0.25) is 0 Å². The van der Waals surface area contributed by atoms with E-state index in [1.807, 2.05) is 13.8 Å². The molecule has 54 valence electrons. The second-order valence-electron chi connectivity index (χ2n) is 3.03. The van der Waals surface area contributed by atoms with Crippen molar-refractivity contribution in [1.82, 2.24) is 5.32 Å². The van der Waals surface area contributed by atoms with Gasteiger partial charge in [0.25, 0.3) is 0 Å². The highest BCUT2D eigenvalue weighted by molar-refractivity contribution is 5.10. The molecule has 2 aliphatic rings. The van der Waals surface area contributed by atoms with Crippen molar-refractivity contribution in [2.24, 2.45) is 5.92 Å². The van der Waals surface area contributed by atoms with Crippen molar-refractivity contribution in [1.29, 1.82) is 0 Å².